The minimum atomic E-state index is -5.01. The molecule has 0 bridgehead atoms. The number of hydrogen-bond acceptors (Lipinski definition) is 9. The lowest BCUT2D eigenvalue weighted by molar-refractivity contribution is -0.961. The Hall–Kier alpha value is -2.22. The molecule has 1 heterocycles. The van der Waals surface area contributed by atoms with Crippen molar-refractivity contribution in [2.24, 2.45) is 0 Å². The standard InChI is InChI=1S/C17H24N2O9S2/c1-17(2,3)28-15(20)18(19(16(21)22)9-11-27-12-10-19)30(25,26)14-8-6-5-7-13(14)29(4,23)24/h5-8H,9-12H2,1-4H3. The second kappa shape index (κ2) is 8.13. The molecule has 1 aromatic rings. The van der Waals surface area contributed by atoms with Crippen LogP contribution in [-0.4, -0.2) is 76.2 Å². The first-order valence-corrected chi connectivity index (χ1v) is 12.2. The molecule has 1 aliphatic heterocycles. The Kier molecular flexibility index (Phi) is 6.52. The number of rotatable bonds is 3. The van der Waals surface area contributed by atoms with E-state index in [2.05, 4.69) is 0 Å². The zero-order chi connectivity index (χ0) is 23.0. The number of carbonyl (C=O) groups excluding carboxylic acids is 2. The van der Waals surface area contributed by atoms with Crippen LogP contribution in [0.3, 0.4) is 0 Å². The molecule has 0 saturated carbocycles. The number of nitrogens with zero attached hydrogens (tertiary/aromatic N) is 2. The highest BCUT2D eigenvalue weighted by molar-refractivity contribution is 7.93. The first-order chi connectivity index (χ1) is 13.6. The van der Waals surface area contributed by atoms with Crippen LogP contribution in [0.5, 0.6) is 0 Å². The fourth-order valence-corrected chi connectivity index (χ4v) is 6.07. The minimum Gasteiger partial charge on any atom is -0.496 e. The van der Waals surface area contributed by atoms with Crippen LogP contribution in [0.2, 0.25) is 0 Å². The van der Waals surface area contributed by atoms with E-state index in [9.17, 15) is 31.5 Å². The number of sulfone groups is 1. The largest absolute Gasteiger partial charge is 0.496 e. The number of carbonyl (C=O) groups is 2. The highest BCUT2D eigenvalue weighted by Crippen LogP contribution is 2.31. The number of carboxylic acid groups (broad SMARTS) is 1. The van der Waals surface area contributed by atoms with Gasteiger partial charge in [0.05, 0.1) is 18.1 Å². The van der Waals surface area contributed by atoms with Crippen LogP contribution in [0.4, 0.5) is 9.59 Å². The average Bonchev–Trinajstić information content (AvgIpc) is 2.60. The molecule has 13 heteroatoms. The van der Waals surface area contributed by atoms with Crippen LogP contribution in [-0.2, 0) is 29.3 Å². The zero-order valence-electron chi connectivity index (χ0n) is 17.0. The smallest absolute Gasteiger partial charge is 0.471 e. The Balaban J connectivity index is 2.80. The zero-order valence-corrected chi connectivity index (χ0v) is 18.7. The fourth-order valence-electron chi connectivity index (χ4n) is 2.91. The molecule has 0 aromatic heterocycles. The highest BCUT2D eigenvalue weighted by Gasteiger charge is 2.53. The number of quaternary nitrogens is 1. The monoisotopic (exact) mass is 464 g/mol. The van der Waals surface area contributed by atoms with E-state index in [-0.39, 0.29) is 17.6 Å². The summed E-state index contributed by atoms with van der Waals surface area (Å²) in [5.74, 6) is 0. The van der Waals surface area contributed by atoms with Gasteiger partial charge in [-0.25, -0.2) is 13.2 Å². The van der Waals surface area contributed by atoms with Crippen LogP contribution in [0.25, 0.3) is 0 Å². The molecule has 0 spiro atoms. The van der Waals surface area contributed by atoms with Crippen molar-refractivity contribution in [2.45, 2.75) is 36.2 Å². The lowest BCUT2D eigenvalue weighted by Crippen LogP contribution is -2.73. The maximum Gasteiger partial charge on any atom is 0.471 e. The Morgan fingerprint density at radius 1 is 1.07 bits per heavy atom. The van der Waals surface area contributed by atoms with Crippen molar-refractivity contribution in [3.63, 3.8) is 0 Å². The van der Waals surface area contributed by atoms with Crippen molar-refractivity contribution in [1.29, 1.82) is 0 Å². The van der Waals surface area contributed by atoms with Gasteiger partial charge in [-0.2, -0.15) is 8.42 Å². The van der Waals surface area contributed by atoms with Gasteiger partial charge < -0.3 is 19.4 Å². The van der Waals surface area contributed by atoms with Gasteiger partial charge in [-0.1, -0.05) is 12.1 Å². The van der Waals surface area contributed by atoms with Gasteiger partial charge >= 0.3 is 16.1 Å². The normalized spacial score (nSPS) is 17.2. The third-order valence-electron chi connectivity index (χ3n) is 4.20. The van der Waals surface area contributed by atoms with Gasteiger partial charge in [0.25, 0.3) is 6.09 Å². The van der Waals surface area contributed by atoms with E-state index >= 15 is 0 Å². The summed E-state index contributed by atoms with van der Waals surface area (Å²) in [6, 6.07) is 4.61. The summed E-state index contributed by atoms with van der Waals surface area (Å²) in [4.78, 5) is 23.8. The Morgan fingerprint density at radius 3 is 2.00 bits per heavy atom. The molecule has 0 radical (unpaired) electrons. The second-order valence-electron chi connectivity index (χ2n) is 7.70. The number of hydrogen-bond donors (Lipinski definition) is 0. The molecule has 0 atom stereocenters. The van der Waals surface area contributed by atoms with Gasteiger partial charge in [-0.15, -0.1) is 4.59 Å². The predicted octanol–water partition coefficient (Wildman–Crippen LogP) is 0.121. The maximum atomic E-state index is 13.5. The third kappa shape index (κ3) is 4.74. The average molecular weight is 465 g/mol. The minimum absolute atomic E-state index is 0.0418. The van der Waals surface area contributed by atoms with E-state index in [1.54, 1.807) is 0 Å². The van der Waals surface area contributed by atoms with Crippen molar-refractivity contribution in [2.75, 3.05) is 32.6 Å². The molecule has 30 heavy (non-hydrogen) atoms. The first-order valence-electron chi connectivity index (χ1n) is 8.87. The number of sulfonamides is 1. The Labute approximate surface area is 175 Å². The molecular weight excluding hydrogens is 440 g/mol. The van der Waals surface area contributed by atoms with E-state index < -0.39 is 65.1 Å². The van der Waals surface area contributed by atoms with E-state index in [0.717, 1.165) is 18.4 Å². The molecule has 1 aromatic carbocycles. The number of benzene rings is 1. The van der Waals surface area contributed by atoms with E-state index in [4.69, 9.17) is 9.47 Å². The van der Waals surface area contributed by atoms with Crippen LogP contribution < -0.4 is 5.11 Å². The van der Waals surface area contributed by atoms with Crippen molar-refractivity contribution in [3.05, 3.63) is 24.3 Å². The van der Waals surface area contributed by atoms with Crippen molar-refractivity contribution >= 4 is 32.0 Å². The molecule has 0 N–H and O–H groups in total. The van der Waals surface area contributed by atoms with E-state index in [1.165, 1.54) is 32.9 Å². The molecule has 1 aliphatic rings. The molecule has 2 amide bonds. The predicted molar refractivity (Wildman–Crippen MR) is 101 cm³/mol. The van der Waals surface area contributed by atoms with E-state index in [1.807, 2.05) is 0 Å². The van der Waals surface area contributed by atoms with Crippen LogP contribution in [0.15, 0.2) is 34.1 Å². The molecular formula is C17H24N2O9S2. The van der Waals surface area contributed by atoms with Gasteiger partial charge in [0.1, 0.15) is 23.6 Å². The fraction of sp³-hybridized carbons (Fsp3) is 0.529. The molecule has 0 unspecified atom stereocenters. The molecule has 11 nitrogen and oxygen atoms in total. The second-order valence-corrected chi connectivity index (χ2v) is 11.4. The van der Waals surface area contributed by atoms with Gasteiger partial charge in [-0.05, 0) is 37.3 Å². The summed E-state index contributed by atoms with van der Waals surface area (Å²) in [6.45, 7) is 3.20. The highest BCUT2D eigenvalue weighted by atomic mass is 32.2. The van der Waals surface area contributed by atoms with Crippen LogP contribution in [0.1, 0.15) is 20.8 Å². The maximum absolute atomic E-state index is 13.5. The summed E-state index contributed by atoms with van der Waals surface area (Å²) in [5.41, 5.74) is -1.16. The summed E-state index contributed by atoms with van der Waals surface area (Å²) >= 11 is 0. The Morgan fingerprint density at radius 2 is 1.57 bits per heavy atom. The summed E-state index contributed by atoms with van der Waals surface area (Å²) < 4.78 is 60.3. The number of morpholine rings is 1. The topological polar surface area (TPSA) is 147 Å². The van der Waals surface area contributed by atoms with Gasteiger partial charge in [0, 0.05) is 6.26 Å². The quantitative estimate of drug-likeness (QED) is 0.569. The number of amides is 2. The third-order valence-corrected chi connectivity index (χ3v) is 7.32. The summed E-state index contributed by atoms with van der Waals surface area (Å²) in [7, 11) is -9.05. The summed E-state index contributed by atoms with van der Waals surface area (Å²) in [6.07, 6.45) is -2.54. The summed E-state index contributed by atoms with van der Waals surface area (Å²) in [5, 5.41) is 12.1. The van der Waals surface area contributed by atoms with Gasteiger partial charge in [0.15, 0.2) is 9.84 Å². The van der Waals surface area contributed by atoms with Crippen molar-refractivity contribution in [1.82, 2.24) is 4.41 Å². The number of ether oxygens (including phenoxy) is 2. The van der Waals surface area contributed by atoms with E-state index in [0.29, 0.717) is 0 Å². The lowest BCUT2D eigenvalue weighted by atomic mass is 10.2. The molecule has 168 valence electrons. The lowest BCUT2D eigenvalue weighted by Gasteiger charge is -2.44. The molecule has 1 saturated heterocycles. The SMILES string of the molecule is CC(C)(C)OC(=O)N([N+]1(C(=O)[O-])CCOCC1)S(=O)(=O)c1ccccc1S(C)(=O)=O. The van der Waals surface area contributed by atoms with Crippen LogP contribution in [0, 0.1) is 0 Å². The van der Waals surface area contributed by atoms with Crippen molar-refractivity contribution in [3.8, 4) is 0 Å². The first kappa shape index (κ1) is 24.1. The van der Waals surface area contributed by atoms with Crippen LogP contribution >= 0.6 is 0 Å². The Bertz CT molecular complexity index is 1040. The van der Waals surface area contributed by atoms with Gasteiger partial charge in [-0.3, -0.25) is 0 Å². The molecule has 2 rings (SSSR count). The van der Waals surface area contributed by atoms with Gasteiger partial charge in [0.2, 0.25) is 0 Å². The van der Waals surface area contributed by atoms with Crippen molar-refractivity contribution < 1.29 is 45.6 Å². The molecule has 0 aliphatic carbocycles. The molecule has 1 fully saturated rings.